The van der Waals surface area contributed by atoms with Gasteiger partial charge in [0.25, 0.3) is 5.91 Å². The summed E-state index contributed by atoms with van der Waals surface area (Å²) >= 11 is 2.08. The number of nitrogens with one attached hydrogen (secondary N) is 1. The van der Waals surface area contributed by atoms with Crippen molar-refractivity contribution in [3.63, 3.8) is 0 Å². The fourth-order valence-corrected chi connectivity index (χ4v) is 2.35. The predicted octanol–water partition coefficient (Wildman–Crippen LogP) is 4.65. The lowest BCUT2D eigenvalue weighted by Gasteiger charge is -2.11. The number of carbonyl (C=O) groups excluding carboxylic acids is 1. The Bertz CT molecular complexity index is 783. The van der Waals surface area contributed by atoms with Crippen LogP contribution in [0.4, 0.5) is 11.5 Å². The summed E-state index contributed by atoms with van der Waals surface area (Å²) in [5.74, 6) is 3.45. The zero-order chi connectivity index (χ0) is 18.8. The number of aromatic nitrogens is 1. The van der Waals surface area contributed by atoms with Crippen molar-refractivity contribution >= 4 is 47.6 Å². The molecule has 7 heteroatoms. The number of hydrogen-bond acceptors (Lipinski definition) is 5. The topological polar surface area (TPSA) is 77.2 Å². The highest BCUT2D eigenvalue weighted by Gasteiger charge is 2.15. The molecule has 1 aromatic carbocycles. The Kier molecular flexibility index (Phi) is 9.16. The molecular weight excluding hydrogens is 449 g/mol. The molecule has 1 aromatic heterocycles. The van der Waals surface area contributed by atoms with Crippen molar-refractivity contribution in [2.24, 2.45) is 0 Å². The Hall–Kier alpha value is -1.92. The second kappa shape index (κ2) is 10.8. The van der Waals surface area contributed by atoms with E-state index in [0.29, 0.717) is 22.7 Å². The summed E-state index contributed by atoms with van der Waals surface area (Å²) in [5, 5.41) is 5.59. The van der Waals surface area contributed by atoms with E-state index < -0.39 is 0 Å². The van der Waals surface area contributed by atoms with Gasteiger partial charge in [-0.3, -0.25) is 4.79 Å². The van der Waals surface area contributed by atoms with Gasteiger partial charge in [-0.25, -0.2) is 4.98 Å². The van der Waals surface area contributed by atoms with E-state index in [-0.39, 0.29) is 11.6 Å². The Morgan fingerprint density at radius 2 is 2.08 bits per heavy atom. The average molecular weight is 469 g/mol. The van der Waals surface area contributed by atoms with E-state index in [9.17, 15) is 4.79 Å². The average Bonchev–Trinajstić information content (AvgIpc) is 2.64. The van der Waals surface area contributed by atoms with Gasteiger partial charge in [0.2, 0.25) is 0 Å². The molecule has 0 atom stereocenters. The summed E-state index contributed by atoms with van der Waals surface area (Å²) in [6.07, 6.45) is 1.68. The number of nitrogens with two attached hydrogens (primary N) is 1. The molecule has 0 fully saturated rings. The third kappa shape index (κ3) is 6.14. The second-order valence-electron chi connectivity index (χ2n) is 4.62. The van der Waals surface area contributed by atoms with Gasteiger partial charge in [0.05, 0.1) is 18.4 Å². The molecule has 0 aliphatic rings. The van der Waals surface area contributed by atoms with Crippen molar-refractivity contribution in [1.82, 2.24) is 4.98 Å². The highest BCUT2D eigenvalue weighted by Crippen LogP contribution is 2.28. The molecule has 132 valence electrons. The number of aryl methyl sites for hydroxylation is 1. The number of ether oxygens (including phenoxy) is 1. The largest absolute Gasteiger partial charge is 0.495 e. The van der Waals surface area contributed by atoms with Gasteiger partial charge in [0.15, 0.2) is 0 Å². The van der Waals surface area contributed by atoms with Crippen molar-refractivity contribution in [2.75, 3.05) is 18.2 Å². The lowest BCUT2D eigenvalue weighted by molar-refractivity contribution is 0.102. The van der Waals surface area contributed by atoms with E-state index in [0.717, 1.165) is 5.56 Å². The predicted molar refractivity (Wildman–Crippen MR) is 114 cm³/mol. The fourth-order valence-electron chi connectivity index (χ4n) is 1.86. The first kappa shape index (κ1) is 21.1. The molecule has 1 heterocycles. The maximum absolute atomic E-state index is 12.5. The van der Waals surface area contributed by atoms with E-state index in [1.807, 2.05) is 26.8 Å². The molecule has 25 heavy (non-hydrogen) atoms. The van der Waals surface area contributed by atoms with Crippen LogP contribution < -0.4 is 15.8 Å². The Balaban J connectivity index is 0.00000151. The van der Waals surface area contributed by atoms with Crippen LogP contribution in [0, 0.1) is 18.1 Å². The van der Waals surface area contributed by atoms with E-state index in [1.54, 1.807) is 24.4 Å². The van der Waals surface area contributed by atoms with Crippen LogP contribution in [0.1, 0.15) is 35.3 Å². The first-order valence-electron chi connectivity index (χ1n) is 7.55. The summed E-state index contributed by atoms with van der Waals surface area (Å²) < 4.78 is 5.23. The van der Waals surface area contributed by atoms with Crippen LogP contribution in [0.3, 0.4) is 0 Å². The zero-order valence-electron chi connectivity index (χ0n) is 14.5. The highest BCUT2D eigenvalue weighted by atomic mass is 127. The summed E-state index contributed by atoms with van der Waals surface area (Å²) in [7, 11) is 2.86. The van der Waals surface area contributed by atoms with Gasteiger partial charge < -0.3 is 15.8 Å². The van der Waals surface area contributed by atoms with E-state index >= 15 is 0 Å². The van der Waals surface area contributed by atoms with Crippen LogP contribution in [0.2, 0.25) is 0 Å². The van der Waals surface area contributed by atoms with E-state index in [2.05, 4.69) is 42.7 Å². The number of hydrogen-bond donors (Lipinski definition) is 2. The van der Waals surface area contributed by atoms with Crippen molar-refractivity contribution in [1.29, 1.82) is 0 Å². The smallest absolute Gasteiger partial charge is 0.259 e. The van der Waals surface area contributed by atoms with Crippen molar-refractivity contribution in [3.8, 4) is 16.9 Å². The van der Waals surface area contributed by atoms with Crippen LogP contribution in [-0.2, 0) is 0 Å². The monoisotopic (exact) mass is 469 g/mol. The fraction of sp³-hybridized carbons (Fsp3) is 0.222. The Morgan fingerprint density at radius 3 is 2.64 bits per heavy atom. The number of rotatable bonds is 3. The van der Waals surface area contributed by atoms with Gasteiger partial charge in [-0.15, -0.1) is 0 Å². The maximum atomic E-state index is 12.5. The highest BCUT2D eigenvalue weighted by molar-refractivity contribution is 14.2. The summed E-state index contributed by atoms with van der Waals surface area (Å²) in [6.45, 7) is 5.93. The number of methoxy groups -OCH3 is 1. The minimum absolute atomic E-state index is 0.268. The first-order chi connectivity index (χ1) is 12.0. The standard InChI is InChI=1S/C16H14IN3O2S.C2H6/c1-10-3-4-14(19-9-10)20-16(21)12-7-11(5-6-23-17)8-13(22-2)15(12)18;1-2/h3-4,7-9H,18H2,1-2H3,(H,19,20,21);1-2H3. The number of nitrogen functional groups attached to an aromatic ring is 1. The van der Waals surface area contributed by atoms with Crippen LogP contribution in [0.25, 0.3) is 0 Å². The lowest BCUT2D eigenvalue weighted by Crippen LogP contribution is -2.15. The van der Waals surface area contributed by atoms with Crippen LogP contribution in [0.5, 0.6) is 5.75 Å². The zero-order valence-corrected chi connectivity index (χ0v) is 17.5. The lowest BCUT2D eigenvalue weighted by atomic mass is 10.1. The molecule has 0 unspecified atom stereocenters. The molecule has 0 spiro atoms. The molecule has 0 saturated heterocycles. The summed E-state index contributed by atoms with van der Waals surface area (Å²) in [4.78, 5) is 16.6. The van der Waals surface area contributed by atoms with Gasteiger partial charge >= 0.3 is 0 Å². The normalized spacial score (nSPS) is 9.16. The molecule has 0 aliphatic carbocycles. The number of carbonyl (C=O) groups is 1. The van der Waals surface area contributed by atoms with Crippen molar-refractivity contribution < 1.29 is 9.53 Å². The van der Waals surface area contributed by atoms with Crippen LogP contribution in [0.15, 0.2) is 30.5 Å². The Labute approximate surface area is 164 Å². The van der Waals surface area contributed by atoms with Gasteiger partial charge in [-0.2, -0.15) is 0 Å². The van der Waals surface area contributed by atoms with Gasteiger partial charge in [0.1, 0.15) is 11.6 Å². The summed E-state index contributed by atoms with van der Waals surface area (Å²) in [6, 6.07) is 6.94. The van der Waals surface area contributed by atoms with Crippen molar-refractivity contribution in [3.05, 3.63) is 47.2 Å². The molecule has 2 rings (SSSR count). The number of nitrogens with zero attached hydrogens (tertiary/aromatic N) is 1. The van der Waals surface area contributed by atoms with Crippen LogP contribution >= 0.6 is 30.1 Å². The minimum atomic E-state index is -0.358. The molecular formula is C18H20IN3O2S. The van der Waals surface area contributed by atoms with Crippen molar-refractivity contribution in [2.45, 2.75) is 20.8 Å². The van der Waals surface area contributed by atoms with E-state index in [4.69, 9.17) is 10.5 Å². The van der Waals surface area contributed by atoms with Gasteiger partial charge in [-0.1, -0.05) is 25.8 Å². The van der Waals surface area contributed by atoms with E-state index in [1.165, 1.54) is 16.0 Å². The molecule has 0 saturated carbocycles. The minimum Gasteiger partial charge on any atom is -0.495 e. The molecule has 5 nitrogen and oxygen atoms in total. The number of pyridine rings is 1. The quantitative estimate of drug-likeness (QED) is 0.389. The SMILES string of the molecule is CC.COc1cc(C#CSI)cc(C(=O)Nc2ccc(C)cn2)c1N. The number of halogens is 1. The van der Waals surface area contributed by atoms with Gasteiger partial charge in [-0.05, 0) is 44.9 Å². The van der Waals surface area contributed by atoms with Gasteiger partial charge in [0, 0.05) is 33.0 Å². The maximum Gasteiger partial charge on any atom is 0.259 e. The molecule has 1 amide bonds. The third-order valence-electron chi connectivity index (χ3n) is 2.99. The number of benzene rings is 1. The van der Waals surface area contributed by atoms with Crippen LogP contribution in [-0.4, -0.2) is 18.0 Å². The molecule has 3 N–H and O–H groups in total. The molecule has 0 bridgehead atoms. The first-order valence-corrected chi connectivity index (χ1v) is 10.9. The molecule has 0 radical (unpaired) electrons. The third-order valence-corrected chi connectivity index (χ3v) is 3.83. The Morgan fingerprint density at radius 1 is 1.36 bits per heavy atom. The second-order valence-corrected chi connectivity index (χ2v) is 6.30. The summed E-state index contributed by atoms with van der Waals surface area (Å²) in [5.41, 5.74) is 8.24. The molecule has 2 aromatic rings. The molecule has 0 aliphatic heterocycles. The number of amides is 1. The number of anilines is 2.